The minimum absolute atomic E-state index is 0.261. The maximum atomic E-state index is 14.5. The maximum absolute atomic E-state index is 14.5. The summed E-state index contributed by atoms with van der Waals surface area (Å²) in [5.74, 6) is 0.430. The van der Waals surface area contributed by atoms with Crippen molar-refractivity contribution in [1.29, 1.82) is 0 Å². The quantitative estimate of drug-likeness (QED) is 0.0340. The van der Waals surface area contributed by atoms with Gasteiger partial charge in [-0.15, -0.1) is 0 Å². The van der Waals surface area contributed by atoms with Gasteiger partial charge in [0.25, 0.3) is 0 Å². The lowest BCUT2D eigenvalue weighted by molar-refractivity contribution is 0.414. The molecule has 0 atom stereocenters. The van der Waals surface area contributed by atoms with Crippen molar-refractivity contribution in [2.45, 2.75) is 39.3 Å². The number of hydrogen-bond acceptors (Lipinski definition) is 6. The third kappa shape index (κ3) is 18.6. The van der Waals surface area contributed by atoms with E-state index in [1.165, 1.54) is 45.4 Å². The van der Waals surface area contributed by atoms with Crippen LogP contribution in [0.2, 0.25) is 39.3 Å². The number of halogens is 4. The Labute approximate surface area is 862 Å². The van der Waals surface area contributed by atoms with Crippen LogP contribution in [0, 0.1) is 23.3 Å². The molecule has 0 bridgehead atoms. The zero-order valence-electron chi connectivity index (χ0n) is 83.3. The lowest BCUT2D eigenvalue weighted by atomic mass is 9.91. The lowest BCUT2D eigenvalue weighted by Crippen LogP contribution is -2.37. The van der Waals surface area contributed by atoms with Crippen LogP contribution >= 0.6 is 0 Å². The molecule has 0 saturated carbocycles. The topological polar surface area (TPSA) is 31.4 Å². The standard InChI is InChI=1S/C70H58F2N2Si2.C66H46F2N2O2/c1-75(2,3)63-33-29-59(30-34-63)73(61-43-53(47-13-9-7-10-14-47)41-55(45-61)49-17-25-57(71)26-18-49)67-39-23-51-22-38-66-68(40-24-52-21-37-65(67)69(51)70(52)66)74(60-31-35-64(36-32-60)76(4,5)6)62-44-54(48-15-11-8-12-16-48)42-56(46-62)50-19-27-58(72)28-20-50;1-71-59-29-25-55(26-30-59)69(57-39-49(43-9-5-3-6-10-43)37-51(41-57)45-13-21-53(67)22-14-45)63-35-19-47-18-34-62-64(36-20-48-17-33-61(63)65(47)66(48)62)70(56-27-31-60(72-2)32-28-56)58-40-50(44-11-7-4-8-12-44)38-52(42-58)46-15-23-54(68)24-16-46/h7-46H,1-6H3;3-42H,1-2H3. The molecule has 0 aliphatic heterocycles. The van der Waals surface area contributed by atoms with Crippen molar-refractivity contribution < 1.29 is 27.0 Å². The molecule has 716 valence electrons. The number of hydrogen-bond donors (Lipinski definition) is 0. The molecule has 148 heavy (non-hydrogen) atoms. The van der Waals surface area contributed by atoms with Gasteiger partial charge in [0.2, 0.25) is 0 Å². The lowest BCUT2D eigenvalue weighted by Gasteiger charge is -2.31. The Bertz CT molecular complexity index is 8470. The fraction of sp³-hybridized carbons (Fsp3) is 0.0588. The van der Waals surface area contributed by atoms with Gasteiger partial charge in [-0.3, -0.25) is 0 Å². The predicted octanol–water partition coefficient (Wildman–Crippen LogP) is 38.0. The second-order valence-electron chi connectivity index (χ2n) is 40.1. The average molecular weight is 1960 g/mol. The van der Waals surface area contributed by atoms with E-state index in [1.54, 1.807) is 38.5 Å². The summed E-state index contributed by atoms with van der Waals surface area (Å²) in [6.07, 6.45) is 0. The second kappa shape index (κ2) is 39.4. The van der Waals surface area contributed by atoms with Gasteiger partial charge in [0.05, 0.1) is 53.1 Å². The molecule has 0 amide bonds. The van der Waals surface area contributed by atoms with Crippen molar-refractivity contribution in [2.24, 2.45) is 0 Å². The molecule has 0 unspecified atom stereocenters. The van der Waals surface area contributed by atoms with Gasteiger partial charge in [0.1, 0.15) is 34.8 Å². The van der Waals surface area contributed by atoms with Crippen LogP contribution in [0.5, 0.6) is 11.5 Å². The van der Waals surface area contributed by atoms with E-state index in [0.29, 0.717) is 0 Å². The van der Waals surface area contributed by atoms with Gasteiger partial charge in [0.15, 0.2) is 0 Å². The molecule has 0 spiro atoms. The predicted molar refractivity (Wildman–Crippen MR) is 621 cm³/mol. The molecule has 24 aromatic carbocycles. The summed E-state index contributed by atoms with van der Waals surface area (Å²) >= 11 is 0. The van der Waals surface area contributed by atoms with Crippen LogP contribution in [-0.4, -0.2) is 30.4 Å². The van der Waals surface area contributed by atoms with Crippen molar-refractivity contribution in [3.05, 3.63) is 509 Å². The molecule has 0 aliphatic carbocycles. The van der Waals surface area contributed by atoms with Crippen molar-refractivity contribution in [2.75, 3.05) is 33.8 Å². The smallest absolute Gasteiger partial charge is 0.123 e. The number of anilines is 12. The van der Waals surface area contributed by atoms with Gasteiger partial charge >= 0.3 is 0 Å². The summed E-state index contributed by atoms with van der Waals surface area (Å²) in [5.41, 5.74) is 28.2. The van der Waals surface area contributed by atoms with Crippen LogP contribution in [-0.2, 0) is 0 Å². The fourth-order valence-corrected chi connectivity index (χ4v) is 23.4. The highest BCUT2D eigenvalue weighted by molar-refractivity contribution is 6.89. The summed E-state index contributed by atoms with van der Waals surface area (Å²) in [5, 5.41) is 16.4. The van der Waals surface area contributed by atoms with Crippen LogP contribution in [0.3, 0.4) is 0 Å². The monoisotopic (exact) mass is 1960 g/mol. The summed E-state index contributed by atoms with van der Waals surface area (Å²) in [6, 6.07) is 166. The number of ether oxygens (including phenoxy) is 2. The molecular weight excluding hydrogens is 1850 g/mol. The Morgan fingerprint density at radius 1 is 0.169 bits per heavy atom. The van der Waals surface area contributed by atoms with E-state index in [4.69, 9.17) is 9.47 Å². The first-order valence-electron chi connectivity index (χ1n) is 50.1. The largest absolute Gasteiger partial charge is 0.497 e. The molecule has 0 saturated heterocycles. The van der Waals surface area contributed by atoms with Crippen molar-refractivity contribution in [3.8, 4) is 101 Å². The van der Waals surface area contributed by atoms with Gasteiger partial charge in [-0.2, -0.15) is 0 Å². The van der Waals surface area contributed by atoms with E-state index >= 15 is 0 Å². The molecule has 0 radical (unpaired) electrons. The van der Waals surface area contributed by atoms with Crippen molar-refractivity contribution in [3.63, 3.8) is 0 Å². The van der Waals surface area contributed by atoms with Gasteiger partial charge < -0.3 is 29.1 Å². The Hall–Kier alpha value is -17.7. The summed E-state index contributed by atoms with van der Waals surface area (Å²) in [4.78, 5) is 9.47. The molecule has 0 N–H and O–H groups in total. The van der Waals surface area contributed by atoms with E-state index in [2.05, 4.69) is 399 Å². The molecule has 12 heteroatoms. The highest BCUT2D eigenvalue weighted by atomic mass is 28.3. The van der Waals surface area contributed by atoms with E-state index < -0.39 is 16.1 Å². The van der Waals surface area contributed by atoms with Crippen LogP contribution in [0.15, 0.2) is 485 Å². The maximum Gasteiger partial charge on any atom is 0.123 e. The Balaban J connectivity index is 0.000000163. The number of nitrogens with zero attached hydrogens (tertiary/aromatic N) is 4. The molecule has 24 aromatic rings. The Morgan fingerprint density at radius 2 is 0.351 bits per heavy atom. The molecule has 0 aliphatic rings. The molecular formula is C136H104F4N4O2Si2. The third-order valence-electron chi connectivity index (χ3n) is 28.7. The van der Waals surface area contributed by atoms with E-state index in [-0.39, 0.29) is 23.3 Å². The fourth-order valence-electron chi connectivity index (χ4n) is 21.1. The van der Waals surface area contributed by atoms with E-state index in [0.717, 1.165) is 223 Å². The molecule has 0 aromatic heterocycles. The minimum Gasteiger partial charge on any atom is -0.497 e. The van der Waals surface area contributed by atoms with Gasteiger partial charge in [0, 0.05) is 67.0 Å². The second-order valence-corrected chi connectivity index (χ2v) is 50.2. The highest BCUT2D eigenvalue weighted by Crippen LogP contribution is 2.54. The van der Waals surface area contributed by atoms with E-state index in [9.17, 15) is 17.6 Å². The average Bonchev–Trinajstić information content (AvgIpc) is 0.719. The number of benzene rings is 24. The summed E-state index contributed by atoms with van der Waals surface area (Å²) in [6.45, 7) is 14.3. The van der Waals surface area contributed by atoms with Crippen LogP contribution in [0.4, 0.5) is 85.8 Å². The zero-order valence-corrected chi connectivity index (χ0v) is 85.3. The molecule has 6 nitrogen and oxygen atoms in total. The number of rotatable bonds is 24. The Morgan fingerprint density at radius 3 is 0.541 bits per heavy atom. The third-order valence-corrected chi connectivity index (χ3v) is 32.8. The molecule has 0 fully saturated rings. The van der Waals surface area contributed by atoms with E-state index in [1.807, 2.05) is 97.1 Å². The summed E-state index contributed by atoms with van der Waals surface area (Å²) < 4.78 is 69.1. The van der Waals surface area contributed by atoms with Gasteiger partial charge in [-0.05, 0) is 350 Å². The van der Waals surface area contributed by atoms with Gasteiger partial charge in [-0.1, -0.05) is 317 Å². The summed E-state index contributed by atoms with van der Waals surface area (Å²) in [7, 11) is 0.0978. The molecule has 24 rings (SSSR count). The minimum atomic E-state index is -1.63. The SMILES string of the molecule is COc1ccc(N(c2cc(-c3ccccc3)cc(-c3ccc(F)cc3)c2)c2ccc3ccc4c(N(c5ccc(OC)cc5)c5cc(-c6ccccc6)cc(-c6ccc(F)cc6)c5)ccc5ccc2c3c54)cc1.C[Si](C)(C)c1ccc(N(c2cc(-c3ccccc3)cc(-c3ccc(F)cc3)c2)c2ccc3ccc4c(N(c5ccc([Si](C)(C)C)cc5)c5cc(-c6ccccc6)cc(-c6ccc(F)cc6)c5)ccc5ccc2c3c54)cc1. The molecule has 0 heterocycles. The normalized spacial score (nSPS) is 11.6. The van der Waals surface area contributed by atoms with Gasteiger partial charge in [-0.25, -0.2) is 17.6 Å². The first-order chi connectivity index (χ1) is 72.1. The van der Waals surface area contributed by atoms with Crippen LogP contribution < -0.4 is 39.4 Å². The first kappa shape index (κ1) is 93.9. The number of methoxy groups -OCH3 is 2. The first-order valence-corrected chi connectivity index (χ1v) is 57.1. The van der Waals surface area contributed by atoms with Crippen LogP contribution in [0.25, 0.3) is 154 Å². The zero-order chi connectivity index (χ0) is 101. The Kier molecular flexibility index (Phi) is 25.0. The highest BCUT2D eigenvalue weighted by Gasteiger charge is 2.30. The van der Waals surface area contributed by atoms with Crippen molar-refractivity contribution >= 4 is 159 Å². The van der Waals surface area contributed by atoms with Crippen LogP contribution in [0.1, 0.15) is 0 Å². The van der Waals surface area contributed by atoms with Crippen molar-refractivity contribution in [1.82, 2.24) is 0 Å².